The van der Waals surface area contributed by atoms with Gasteiger partial charge in [0, 0.05) is 11.5 Å². The maximum absolute atomic E-state index is 14.3. The number of anilines is 2. The Bertz CT molecular complexity index is 1690. The van der Waals surface area contributed by atoms with E-state index in [1.165, 1.54) is 9.80 Å². The zero-order valence-corrected chi connectivity index (χ0v) is 23.1. The molecule has 0 radical (unpaired) electrons. The second-order valence-corrected chi connectivity index (χ2v) is 11.9. The zero-order chi connectivity index (χ0) is 29.3. The summed E-state index contributed by atoms with van der Waals surface area (Å²) in [6.07, 6.45) is 4.30. The topological polar surface area (TPSA) is 95.0 Å². The SMILES string of the molecule is C=Cc1ccc(N2C(=O)C3CC=C4C(CC5C(=O)N(c6ccccc6)C(=O)C5(C)C4c4ccccc4O)C3C2=O)cc1. The monoisotopic (exact) mass is 558 g/mol. The van der Waals surface area contributed by atoms with Crippen LogP contribution in [0.15, 0.2) is 97.1 Å². The number of nitrogens with zero attached hydrogens (tertiary/aromatic N) is 2. The fourth-order valence-electron chi connectivity index (χ4n) is 7.93. The number of allylic oxidation sites excluding steroid dienone is 2. The molecule has 3 aromatic rings. The summed E-state index contributed by atoms with van der Waals surface area (Å²) < 4.78 is 0. The van der Waals surface area contributed by atoms with Crippen molar-refractivity contribution in [3.63, 3.8) is 0 Å². The van der Waals surface area contributed by atoms with Crippen molar-refractivity contribution in [2.24, 2.45) is 29.1 Å². The van der Waals surface area contributed by atoms with Gasteiger partial charge in [-0.25, -0.2) is 4.90 Å². The number of carbonyl (C=O) groups excluding carboxylic acids is 4. The van der Waals surface area contributed by atoms with E-state index in [0.717, 1.165) is 11.1 Å². The maximum atomic E-state index is 14.3. The van der Waals surface area contributed by atoms with Gasteiger partial charge in [0.05, 0.1) is 34.5 Å². The molecular weight excluding hydrogens is 528 g/mol. The Balaban J connectivity index is 1.36. The van der Waals surface area contributed by atoms with Crippen molar-refractivity contribution in [1.29, 1.82) is 0 Å². The van der Waals surface area contributed by atoms with Crippen molar-refractivity contribution >= 4 is 41.1 Å². The fourth-order valence-corrected chi connectivity index (χ4v) is 7.93. The first-order valence-corrected chi connectivity index (χ1v) is 14.3. The van der Waals surface area contributed by atoms with Crippen LogP contribution in [0.5, 0.6) is 5.75 Å². The summed E-state index contributed by atoms with van der Waals surface area (Å²) in [5.74, 6) is -4.19. The first kappa shape index (κ1) is 26.1. The smallest absolute Gasteiger partial charge is 0.241 e. The minimum atomic E-state index is -1.19. The molecule has 6 unspecified atom stereocenters. The van der Waals surface area contributed by atoms with Crippen molar-refractivity contribution in [3.8, 4) is 5.75 Å². The molecule has 1 N–H and O–H groups in total. The quantitative estimate of drug-likeness (QED) is 0.339. The highest BCUT2D eigenvalue weighted by Crippen LogP contribution is 2.64. The van der Waals surface area contributed by atoms with E-state index in [0.29, 0.717) is 23.4 Å². The molecule has 2 aliphatic carbocycles. The average Bonchev–Trinajstić information content (AvgIpc) is 3.37. The summed E-state index contributed by atoms with van der Waals surface area (Å²) in [5.41, 5.74) is 2.08. The molecule has 0 bridgehead atoms. The number of phenolic OH excluding ortho intramolecular Hbond substituents is 1. The molecular formula is C35H30N2O5. The first-order valence-electron chi connectivity index (χ1n) is 14.3. The summed E-state index contributed by atoms with van der Waals surface area (Å²) >= 11 is 0. The van der Waals surface area contributed by atoms with E-state index in [1.54, 1.807) is 66.7 Å². The number of amides is 4. The Labute approximate surface area is 243 Å². The van der Waals surface area contributed by atoms with Gasteiger partial charge in [-0.3, -0.25) is 24.1 Å². The number of carbonyl (C=O) groups is 4. The van der Waals surface area contributed by atoms with Gasteiger partial charge < -0.3 is 5.11 Å². The molecule has 7 rings (SSSR count). The van der Waals surface area contributed by atoms with Crippen LogP contribution >= 0.6 is 0 Å². The third kappa shape index (κ3) is 3.46. The number of aromatic hydroxyl groups is 1. The Morgan fingerprint density at radius 3 is 2.17 bits per heavy atom. The zero-order valence-electron chi connectivity index (χ0n) is 23.1. The minimum Gasteiger partial charge on any atom is -0.508 e. The minimum absolute atomic E-state index is 0.0299. The van der Waals surface area contributed by atoms with Crippen molar-refractivity contribution in [3.05, 3.63) is 108 Å². The molecule has 2 heterocycles. The Hall–Kier alpha value is -4.78. The second kappa shape index (κ2) is 9.38. The lowest BCUT2D eigenvalue weighted by molar-refractivity contribution is -0.131. The van der Waals surface area contributed by atoms with Gasteiger partial charge in [-0.05, 0) is 61.6 Å². The van der Waals surface area contributed by atoms with Gasteiger partial charge in [-0.2, -0.15) is 0 Å². The van der Waals surface area contributed by atoms with Gasteiger partial charge in [-0.15, -0.1) is 0 Å². The third-order valence-corrected chi connectivity index (χ3v) is 9.92. The molecule has 2 aliphatic heterocycles. The molecule has 0 spiro atoms. The van der Waals surface area contributed by atoms with Crippen LogP contribution in [0.25, 0.3) is 6.08 Å². The van der Waals surface area contributed by atoms with E-state index in [-0.39, 0.29) is 35.8 Å². The van der Waals surface area contributed by atoms with Crippen LogP contribution in [-0.4, -0.2) is 28.7 Å². The molecule has 3 aromatic carbocycles. The molecule has 4 amide bonds. The summed E-state index contributed by atoms with van der Waals surface area (Å²) in [4.78, 5) is 58.8. The summed E-state index contributed by atoms with van der Waals surface area (Å²) in [5, 5.41) is 11.1. The molecule has 0 aromatic heterocycles. The molecule has 7 nitrogen and oxygen atoms in total. The van der Waals surface area contributed by atoms with E-state index in [9.17, 15) is 24.3 Å². The molecule has 2 saturated heterocycles. The lowest BCUT2D eigenvalue weighted by atomic mass is 9.51. The van der Waals surface area contributed by atoms with Gasteiger partial charge in [0.1, 0.15) is 5.75 Å². The number of imide groups is 2. The highest BCUT2D eigenvalue weighted by molar-refractivity contribution is 6.25. The van der Waals surface area contributed by atoms with Crippen LogP contribution in [0.3, 0.4) is 0 Å². The lowest BCUT2D eigenvalue weighted by Gasteiger charge is -2.49. The van der Waals surface area contributed by atoms with Gasteiger partial charge in [-0.1, -0.05) is 72.8 Å². The van der Waals surface area contributed by atoms with E-state index in [2.05, 4.69) is 6.58 Å². The number of fused-ring (bicyclic) bond motifs is 4. The second-order valence-electron chi connectivity index (χ2n) is 11.9. The predicted molar refractivity (Wildman–Crippen MR) is 158 cm³/mol. The summed E-state index contributed by atoms with van der Waals surface area (Å²) in [6.45, 7) is 5.59. The summed E-state index contributed by atoms with van der Waals surface area (Å²) in [7, 11) is 0. The Morgan fingerprint density at radius 1 is 0.810 bits per heavy atom. The third-order valence-electron chi connectivity index (χ3n) is 9.92. The molecule has 3 fully saturated rings. The molecule has 4 aliphatic rings. The van der Waals surface area contributed by atoms with Crippen molar-refractivity contribution in [1.82, 2.24) is 0 Å². The number of benzene rings is 3. The van der Waals surface area contributed by atoms with Gasteiger partial charge in [0.25, 0.3) is 0 Å². The lowest BCUT2D eigenvalue weighted by Crippen LogP contribution is -2.48. The van der Waals surface area contributed by atoms with E-state index in [1.807, 2.05) is 31.2 Å². The first-order chi connectivity index (χ1) is 20.3. The van der Waals surface area contributed by atoms with Gasteiger partial charge in [0.2, 0.25) is 23.6 Å². The van der Waals surface area contributed by atoms with Crippen LogP contribution in [0.4, 0.5) is 11.4 Å². The number of para-hydroxylation sites is 2. The maximum Gasteiger partial charge on any atom is 0.241 e. The summed E-state index contributed by atoms with van der Waals surface area (Å²) in [6, 6.07) is 22.9. The van der Waals surface area contributed by atoms with Crippen LogP contribution < -0.4 is 9.80 Å². The Kier molecular flexibility index (Phi) is 5.84. The van der Waals surface area contributed by atoms with Crippen LogP contribution in [0, 0.1) is 29.1 Å². The van der Waals surface area contributed by atoms with Crippen molar-refractivity contribution < 1.29 is 24.3 Å². The van der Waals surface area contributed by atoms with Crippen LogP contribution in [-0.2, 0) is 19.2 Å². The largest absolute Gasteiger partial charge is 0.508 e. The number of phenols is 1. The molecule has 1 saturated carbocycles. The van der Waals surface area contributed by atoms with Crippen LogP contribution in [0.1, 0.15) is 36.8 Å². The molecule has 42 heavy (non-hydrogen) atoms. The van der Waals surface area contributed by atoms with Gasteiger partial charge >= 0.3 is 0 Å². The van der Waals surface area contributed by atoms with Crippen molar-refractivity contribution in [2.75, 3.05) is 9.80 Å². The van der Waals surface area contributed by atoms with E-state index in [4.69, 9.17) is 0 Å². The number of rotatable bonds is 4. The van der Waals surface area contributed by atoms with Crippen molar-refractivity contribution in [2.45, 2.75) is 25.7 Å². The molecule has 210 valence electrons. The van der Waals surface area contributed by atoms with E-state index >= 15 is 0 Å². The number of hydrogen-bond acceptors (Lipinski definition) is 5. The Morgan fingerprint density at radius 2 is 1.48 bits per heavy atom. The molecule has 6 atom stereocenters. The number of hydrogen-bond donors (Lipinski definition) is 1. The standard InChI is InChI=1S/C35H30N2O5/c1-3-20-13-15-22(16-14-20)36-31(39)25-18-17-23-26(29(25)33(36)41)19-27-32(40)37(21-9-5-4-6-10-21)34(42)35(27,2)30(23)24-11-7-8-12-28(24)38/h3-17,25-27,29-30,38H,1,18-19H2,2H3. The van der Waals surface area contributed by atoms with Crippen LogP contribution in [0.2, 0.25) is 0 Å². The molecule has 7 heteroatoms. The average molecular weight is 559 g/mol. The highest BCUT2D eigenvalue weighted by atomic mass is 16.3. The predicted octanol–water partition coefficient (Wildman–Crippen LogP) is 5.47. The fraction of sp³-hybridized carbons (Fsp3) is 0.257. The normalized spacial score (nSPS) is 30.1. The van der Waals surface area contributed by atoms with E-state index < -0.39 is 35.0 Å². The van der Waals surface area contributed by atoms with Gasteiger partial charge in [0.15, 0.2) is 0 Å². The highest BCUT2D eigenvalue weighted by Gasteiger charge is 2.67.